The highest BCUT2D eigenvalue weighted by Gasteiger charge is 2.13. The lowest BCUT2D eigenvalue weighted by atomic mass is 10.0. The summed E-state index contributed by atoms with van der Waals surface area (Å²) < 4.78 is 13.9. The van der Waals surface area contributed by atoms with Crippen molar-refractivity contribution in [1.29, 1.82) is 0 Å². The van der Waals surface area contributed by atoms with Crippen LogP contribution in [0.25, 0.3) is 11.3 Å². The monoisotopic (exact) mass is 249 g/mol. The van der Waals surface area contributed by atoms with E-state index in [4.69, 9.17) is 4.74 Å². The SMILES string of the molecule is CNc1nsnc1-c1cc(C)c(OC)cc1C. The van der Waals surface area contributed by atoms with Crippen molar-refractivity contribution in [3.05, 3.63) is 23.3 Å². The summed E-state index contributed by atoms with van der Waals surface area (Å²) in [4.78, 5) is 0. The van der Waals surface area contributed by atoms with E-state index in [1.165, 1.54) is 11.7 Å². The third-order valence-corrected chi connectivity index (χ3v) is 3.25. The van der Waals surface area contributed by atoms with Gasteiger partial charge in [-0.3, -0.25) is 0 Å². The maximum atomic E-state index is 5.31. The van der Waals surface area contributed by atoms with Crippen LogP contribution in [0.2, 0.25) is 0 Å². The highest BCUT2D eigenvalue weighted by Crippen LogP contribution is 2.32. The van der Waals surface area contributed by atoms with Crippen LogP contribution in [0.1, 0.15) is 11.1 Å². The van der Waals surface area contributed by atoms with Gasteiger partial charge in [0.15, 0.2) is 5.82 Å². The molecule has 0 aliphatic heterocycles. The van der Waals surface area contributed by atoms with E-state index >= 15 is 0 Å². The van der Waals surface area contributed by atoms with Crippen molar-refractivity contribution in [2.24, 2.45) is 0 Å². The molecule has 5 heteroatoms. The van der Waals surface area contributed by atoms with Crippen molar-refractivity contribution in [2.75, 3.05) is 19.5 Å². The summed E-state index contributed by atoms with van der Waals surface area (Å²) in [6, 6.07) is 4.12. The largest absolute Gasteiger partial charge is 0.496 e. The third kappa shape index (κ3) is 2.10. The number of rotatable bonds is 3. The summed E-state index contributed by atoms with van der Waals surface area (Å²) in [6.07, 6.45) is 0. The first-order valence-corrected chi connectivity index (χ1v) is 6.06. The number of anilines is 1. The Morgan fingerprint density at radius 3 is 2.59 bits per heavy atom. The third-order valence-electron chi connectivity index (χ3n) is 2.72. The average Bonchev–Trinajstić information content (AvgIpc) is 2.79. The predicted octanol–water partition coefficient (Wildman–Crippen LogP) is 2.87. The van der Waals surface area contributed by atoms with Gasteiger partial charge in [0.25, 0.3) is 0 Å². The Bertz CT molecular complexity index is 537. The molecule has 1 N–H and O–H groups in total. The van der Waals surface area contributed by atoms with Gasteiger partial charge in [0.1, 0.15) is 11.4 Å². The highest BCUT2D eigenvalue weighted by molar-refractivity contribution is 6.99. The van der Waals surface area contributed by atoms with Crippen LogP contribution < -0.4 is 10.1 Å². The summed E-state index contributed by atoms with van der Waals surface area (Å²) in [5.74, 6) is 1.73. The Kier molecular flexibility index (Phi) is 3.28. The highest BCUT2D eigenvalue weighted by atomic mass is 32.1. The number of hydrogen-bond acceptors (Lipinski definition) is 5. The van der Waals surface area contributed by atoms with Gasteiger partial charge in [0.2, 0.25) is 0 Å². The van der Waals surface area contributed by atoms with Gasteiger partial charge in [-0.2, -0.15) is 8.75 Å². The second-order valence-electron chi connectivity index (χ2n) is 3.85. The average molecular weight is 249 g/mol. The van der Waals surface area contributed by atoms with E-state index in [9.17, 15) is 0 Å². The minimum atomic E-state index is 0.822. The molecule has 0 radical (unpaired) electrons. The Hall–Kier alpha value is -1.62. The molecule has 1 aromatic heterocycles. The summed E-state index contributed by atoms with van der Waals surface area (Å²) in [7, 11) is 3.54. The molecular weight excluding hydrogens is 234 g/mol. The molecule has 0 atom stereocenters. The van der Waals surface area contributed by atoms with E-state index in [0.29, 0.717) is 0 Å². The maximum absolute atomic E-state index is 5.31. The summed E-state index contributed by atoms with van der Waals surface area (Å²) in [5, 5.41) is 3.05. The van der Waals surface area contributed by atoms with Crippen LogP contribution in [0.4, 0.5) is 5.82 Å². The molecule has 90 valence electrons. The van der Waals surface area contributed by atoms with Crippen LogP contribution in [-0.4, -0.2) is 22.9 Å². The number of hydrogen-bond donors (Lipinski definition) is 1. The molecule has 0 amide bonds. The van der Waals surface area contributed by atoms with Crippen molar-refractivity contribution in [1.82, 2.24) is 8.75 Å². The van der Waals surface area contributed by atoms with Crippen LogP contribution in [0.5, 0.6) is 5.75 Å². The molecule has 0 saturated carbocycles. The Morgan fingerprint density at radius 2 is 1.94 bits per heavy atom. The molecule has 0 unspecified atom stereocenters. The van der Waals surface area contributed by atoms with Crippen LogP contribution in [0.3, 0.4) is 0 Å². The topological polar surface area (TPSA) is 47.0 Å². The number of benzene rings is 1. The van der Waals surface area contributed by atoms with Crippen molar-refractivity contribution in [3.8, 4) is 17.0 Å². The molecular formula is C12H15N3OS. The van der Waals surface area contributed by atoms with Crippen LogP contribution >= 0.6 is 11.7 Å². The summed E-state index contributed by atoms with van der Waals surface area (Å²) >= 11 is 1.22. The molecule has 0 bridgehead atoms. The van der Waals surface area contributed by atoms with Crippen molar-refractivity contribution < 1.29 is 4.74 Å². The molecule has 0 spiro atoms. The van der Waals surface area contributed by atoms with Gasteiger partial charge in [0, 0.05) is 12.6 Å². The smallest absolute Gasteiger partial charge is 0.167 e. The van der Waals surface area contributed by atoms with E-state index in [-0.39, 0.29) is 0 Å². The van der Waals surface area contributed by atoms with Gasteiger partial charge in [-0.25, -0.2) is 0 Å². The molecule has 2 aromatic rings. The Morgan fingerprint density at radius 1 is 1.18 bits per heavy atom. The van der Waals surface area contributed by atoms with Gasteiger partial charge >= 0.3 is 0 Å². The number of nitrogens with zero attached hydrogens (tertiary/aromatic N) is 2. The Labute approximate surface area is 105 Å². The number of ether oxygens (including phenoxy) is 1. The van der Waals surface area contributed by atoms with E-state index in [1.807, 2.05) is 20.0 Å². The van der Waals surface area contributed by atoms with E-state index < -0.39 is 0 Å². The van der Waals surface area contributed by atoms with Crippen LogP contribution in [0.15, 0.2) is 12.1 Å². The number of methoxy groups -OCH3 is 1. The van der Waals surface area contributed by atoms with Gasteiger partial charge in [-0.15, -0.1) is 0 Å². The molecule has 1 aromatic carbocycles. The zero-order valence-electron chi connectivity index (χ0n) is 10.4. The number of aromatic nitrogens is 2. The molecule has 0 saturated heterocycles. The first-order valence-electron chi connectivity index (χ1n) is 5.33. The van der Waals surface area contributed by atoms with Crippen molar-refractivity contribution >= 4 is 17.5 Å². The fourth-order valence-electron chi connectivity index (χ4n) is 1.79. The van der Waals surface area contributed by atoms with E-state index in [0.717, 1.165) is 34.0 Å². The maximum Gasteiger partial charge on any atom is 0.167 e. The molecule has 17 heavy (non-hydrogen) atoms. The van der Waals surface area contributed by atoms with Gasteiger partial charge in [-0.1, -0.05) is 0 Å². The standard InChI is InChI=1S/C12H15N3OS/c1-7-6-10(16-4)8(2)5-9(7)11-12(13-3)15-17-14-11/h5-6H,1-4H3,(H,13,15). The fraction of sp³-hybridized carbons (Fsp3) is 0.333. The second kappa shape index (κ2) is 4.71. The molecule has 0 fully saturated rings. The zero-order chi connectivity index (χ0) is 12.4. The van der Waals surface area contributed by atoms with E-state index in [1.54, 1.807) is 7.11 Å². The second-order valence-corrected chi connectivity index (χ2v) is 4.38. The van der Waals surface area contributed by atoms with Gasteiger partial charge in [-0.05, 0) is 37.1 Å². The molecule has 0 aliphatic rings. The van der Waals surface area contributed by atoms with Gasteiger partial charge < -0.3 is 10.1 Å². The zero-order valence-corrected chi connectivity index (χ0v) is 11.2. The summed E-state index contributed by atoms with van der Waals surface area (Å²) in [6.45, 7) is 4.08. The minimum Gasteiger partial charge on any atom is -0.496 e. The van der Waals surface area contributed by atoms with Gasteiger partial charge in [0.05, 0.1) is 18.8 Å². The normalized spacial score (nSPS) is 10.4. The lowest BCUT2D eigenvalue weighted by molar-refractivity contribution is 0.411. The first kappa shape index (κ1) is 11.9. The van der Waals surface area contributed by atoms with Crippen LogP contribution in [0, 0.1) is 13.8 Å². The molecule has 1 heterocycles. The van der Waals surface area contributed by atoms with Crippen molar-refractivity contribution in [3.63, 3.8) is 0 Å². The lowest BCUT2D eigenvalue weighted by Gasteiger charge is -2.10. The quantitative estimate of drug-likeness (QED) is 0.908. The fourth-order valence-corrected chi connectivity index (χ4v) is 2.36. The number of aryl methyl sites for hydroxylation is 2. The van der Waals surface area contributed by atoms with Crippen molar-refractivity contribution in [2.45, 2.75) is 13.8 Å². The lowest BCUT2D eigenvalue weighted by Crippen LogP contribution is -1.95. The first-order chi connectivity index (χ1) is 8.17. The summed E-state index contributed by atoms with van der Waals surface area (Å²) in [5.41, 5.74) is 4.24. The molecule has 4 nitrogen and oxygen atoms in total. The van der Waals surface area contributed by atoms with Crippen LogP contribution in [-0.2, 0) is 0 Å². The number of nitrogens with one attached hydrogen (secondary N) is 1. The van der Waals surface area contributed by atoms with E-state index in [2.05, 4.69) is 27.1 Å². The molecule has 2 rings (SSSR count). The predicted molar refractivity (Wildman–Crippen MR) is 70.9 cm³/mol. The molecule has 0 aliphatic carbocycles. The Balaban J connectivity index is 2.56. The minimum absolute atomic E-state index is 0.822.